The van der Waals surface area contributed by atoms with E-state index in [2.05, 4.69) is 22.3 Å². The van der Waals surface area contributed by atoms with Crippen molar-refractivity contribution in [1.82, 2.24) is 5.32 Å². The Morgan fingerprint density at radius 1 is 1.16 bits per heavy atom. The number of aliphatic imine (C=N–C) groups is 1. The number of nitrogens with zero attached hydrogens (tertiary/aromatic N) is 1. The number of benzene rings is 2. The summed E-state index contributed by atoms with van der Waals surface area (Å²) >= 11 is 11.9. The second kappa shape index (κ2) is 11.1. The number of amides is 2. The Morgan fingerprint density at radius 2 is 1.78 bits per heavy atom. The van der Waals surface area contributed by atoms with E-state index in [0.717, 1.165) is 0 Å². The molecular weight excluding hydrogens is 453 g/mol. The normalized spacial score (nSPS) is 11.5. The molecule has 0 aliphatic carbocycles. The Balaban J connectivity index is 2.42. The summed E-state index contributed by atoms with van der Waals surface area (Å²) in [5, 5.41) is 13.4. The van der Waals surface area contributed by atoms with Crippen LogP contribution in [0.3, 0.4) is 0 Å². The molecule has 0 saturated carbocycles. The van der Waals surface area contributed by atoms with Crippen LogP contribution in [0.2, 0.25) is 5.02 Å². The van der Waals surface area contributed by atoms with Crippen LogP contribution in [-0.4, -0.2) is 31.5 Å². The zero-order valence-corrected chi connectivity index (χ0v) is 18.8. The molecule has 0 unspecified atom stereocenters. The fraction of sp³-hybridized carbons (Fsp3) is 0.0909. The molecule has 0 radical (unpaired) electrons. The van der Waals surface area contributed by atoms with E-state index >= 15 is 0 Å². The van der Waals surface area contributed by atoms with Gasteiger partial charge in [0.15, 0.2) is 0 Å². The number of halogens is 2. The summed E-state index contributed by atoms with van der Waals surface area (Å²) in [6, 6.07) is 8.97. The molecule has 0 heterocycles. The Bertz CT molecular complexity index is 1120. The van der Waals surface area contributed by atoms with Crippen LogP contribution in [0.5, 0.6) is 5.75 Å². The third-order valence-corrected chi connectivity index (χ3v) is 4.46. The topological polar surface area (TPSA) is 130 Å². The van der Waals surface area contributed by atoms with Gasteiger partial charge in [0.05, 0.1) is 18.4 Å². The van der Waals surface area contributed by atoms with Crippen LogP contribution >= 0.6 is 23.2 Å². The first-order chi connectivity index (χ1) is 15.2. The first kappa shape index (κ1) is 24.6. The number of carbonyl (C=O) groups excluding carboxylic acids is 2. The summed E-state index contributed by atoms with van der Waals surface area (Å²) in [5.74, 6) is -0.898. The number of rotatable bonds is 8. The fourth-order valence-electron chi connectivity index (χ4n) is 2.55. The number of ether oxygens (including phenoxy) is 1. The summed E-state index contributed by atoms with van der Waals surface area (Å²) in [5.41, 5.74) is 6.36. The molecular formula is C22H21Cl2N5O3. The van der Waals surface area contributed by atoms with Crippen LogP contribution in [0.15, 0.2) is 64.4 Å². The van der Waals surface area contributed by atoms with Crippen LogP contribution in [0.4, 0.5) is 5.69 Å². The lowest BCUT2D eigenvalue weighted by molar-refractivity contribution is 0.0966. The summed E-state index contributed by atoms with van der Waals surface area (Å²) < 4.78 is 5.31. The molecule has 2 aromatic rings. The van der Waals surface area contributed by atoms with E-state index in [0.29, 0.717) is 10.6 Å². The van der Waals surface area contributed by atoms with Crippen LogP contribution in [-0.2, 0) is 0 Å². The molecule has 0 spiro atoms. The lowest BCUT2D eigenvalue weighted by Crippen LogP contribution is -2.24. The van der Waals surface area contributed by atoms with Crippen molar-refractivity contribution in [2.75, 3.05) is 12.4 Å². The Labute approximate surface area is 195 Å². The van der Waals surface area contributed by atoms with Crippen molar-refractivity contribution in [1.29, 1.82) is 5.41 Å². The predicted octanol–water partition coefficient (Wildman–Crippen LogP) is 4.30. The number of nitrogens with one attached hydrogen (secondary N) is 3. The SMILES string of the molecule is C=N/C(=C\C=C(/C)Cl)NC(=O)c1cc(Cl)cc(OC)c1NC(=O)c1ccc(C(=N)N)cc1. The number of carbonyl (C=O) groups is 2. The predicted molar refractivity (Wildman–Crippen MR) is 128 cm³/mol. The Morgan fingerprint density at radius 3 is 2.31 bits per heavy atom. The van der Waals surface area contributed by atoms with Crippen molar-refractivity contribution >= 4 is 53.3 Å². The van der Waals surface area contributed by atoms with Gasteiger partial charge in [-0.15, -0.1) is 0 Å². The standard InChI is InChI=1S/C22H21Cl2N5O3/c1-12(23)4-9-18(27-2)28-22(31)16-10-15(24)11-17(32-3)19(16)29-21(30)14-7-5-13(6-8-14)20(25)26/h4-11H,2H2,1,3H3,(H3,25,26)(H,28,31)(H,29,30)/b12-4+,18-9+. The van der Waals surface area contributed by atoms with Crippen LogP contribution in [0, 0.1) is 5.41 Å². The molecule has 0 aliphatic rings. The number of anilines is 1. The van der Waals surface area contributed by atoms with E-state index in [9.17, 15) is 9.59 Å². The van der Waals surface area contributed by atoms with Gasteiger partial charge in [-0.05, 0) is 44.0 Å². The number of methoxy groups -OCH3 is 1. The molecule has 0 aromatic heterocycles. The average molecular weight is 474 g/mol. The summed E-state index contributed by atoms with van der Waals surface area (Å²) in [4.78, 5) is 29.5. The molecule has 2 rings (SSSR count). The lowest BCUT2D eigenvalue weighted by atomic mass is 10.1. The summed E-state index contributed by atoms with van der Waals surface area (Å²) in [6.07, 6.45) is 3.02. The first-order valence-corrected chi connectivity index (χ1v) is 9.87. The minimum atomic E-state index is -0.604. The third kappa shape index (κ3) is 6.44. The number of amidine groups is 1. The number of nitrogens with two attached hydrogens (primary N) is 1. The molecule has 2 amide bonds. The van der Waals surface area contributed by atoms with E-state index in [1.165, 1.54) is 43.5 Å². The van der Waals surface area contributed by atoms with Gasteiger partial charge in [-0.25, -0.2) is 4.99 Å². The van der Waals surface area contributed by atoms with Crippen molar-refractivity contribution in [2.24, 2.45) is 10.7 Å². The van der Waals surface area contributed by atoms with Gasteiger partial charge in [-0.1, -0.05) is 35.3 Å². The maximum absolute atomic E-state index is 12.9. The summed E-state index contributed by atoms with van der Waals surface area (Å²) in [6.45, 7) is 5.08. The van der Waals surface area contributed by atoms with E-state index in [-0.39, 0.29) is 39.2 Å². The molecule has 0 fully saturated rings. The highest BCUT2D eigenvalue weighted by molar-refractivity contribution is 6.31. The quantitative estimate of drug-likeness (QED) is 0.258. The van der Waals surface area contributed by atoms with E-state index in [1.807, 2.05) is 0 Å². The molecule has 5 N–H and O–H groups in total. The number of hydrogen-bond acceptors (Lipinski definition) is 5. The van der Waals surface area contributed by atoms with Gasteiger partial charge in [0.1, 0.15) is 17.4 Å². The highest BCUT2D eigenvalue weighted by atomic mass is 35.5. The highest BCUT2D eigenvalue weighted by Gasteiger charge is 2.21. The monoisotopic (exact) mass is 473 g/mol. The van der Waals surface area contributed by atoms with Crippen LogP contribution in [0.25, 0.3) is 0 Å². The van der Waals surface area contributed by atoms with Gasteiger partial charge in [0, 0.05) is 27.2 Å². The van der Waals surface area contributed by atoms with Crippen molar-refractivity contribution < 1.29 is 14.3 Å². The van der Waals surface area contributed by atoms with Crippen LogP contribution in [0.1, 0.15) is 33.2 Å². The van der Waals surface area contributed by atoms with Gasteiger partial charge in [-0.3, -0.25) is 15.0 Å². The van der Waals surface area contributed by atoms with Gasteiger partial charge < -0.3 is 21.1 Å². The molecule has 10 heteroatoms. The zero-order chi connectivity index (χ0) is 23.8. The molecule has 8 nitrogen and oxygen atoms in total. The summed E-state index contributed by atoms with van der Waals surface area (Å²) in [7, 11) is 1.38. The average Bonchev–Trinajstić information content (AvgIpc) is 2.76. The molecule has 32 heavy (non-hydrogen) atoms. The van der Waals surface area contributed by atoms with Gasteiger partial charge in [-0.2, -0.15) is 0 Å². The molecule has 0 saturated heterocycles. The van der Waals surface area contributed by atoms with Crippen molar-refractivity contribution in [2.45, 2.75) is 6.92 Å². The van der Waals surface area contributed by atoms with E-state index in [4.69, 9.17) is 39.1 Å². The highest BCUT2D eigenvalue weighted by Crippen LogP contribution is 2.33. The lowest BCUT2D eigenvalue weighted by Gasteiger charge is -2.16. The third-order valence-electron chi connectivity index (χ3n) is 4.11. The van der Waals surface area contributed by atoms with Crippen molar-refractivity contribution in [3.05, 3.63) is 81.1 Å². The number of nitrogen functional groups attached to an aromatic ring is 1. The number of hydrogen-bond donors (Lipinski definition) is 4. The first-order valence-electron chi connectivity index (χ1n) is 9.11. The Hall–Kier alpha value is -3.62. The minimum Gasteiger partial charge on any atom is -0.494 e. The number of allylic oxidation sites excluding steroid dienone is 3. The second-order valence-corrected chi connectivity index (χ2v) is 7.43. The molecule has 166 valence electrons. The largest absolute Gasteiger partial charge is 0.494 e. The van der Waals surface area contributed by atoms with Gasteiger partial charge >= 0.3 is 0 Å². The molecule has 0 aliphatic heterocycles. The Kier molecular flexibility index (Phi) is 8.57. The van der Waals surface area contributed by atoms with Crippen molar-refractivity contribution in [3.8, 4) is 5.75 Å². The molecule has 2 aromatic carbocycles. The zero-order valence-electron chi connectivity index (χ0n) is 17.3. The van der Waals surface area contributed by atoms with Gasteiger partial charge in [0.25, 0.3) is 11.8 Å². The molecule has 0 bridgehead atoms. The van der Waals surface area contributed by atoms with E-state index in [1.54, 1.807) is 19.1 Å². The van der Waals surface area contributed by atoms with Gasteiger partial charge in [0.2, 0.25) is 0 Å². The minimum absolute atomic E-state index is 0.0455. The maximum atomic E-state index is 12.9. The maximum Gasteiger partial charge on any atom is 0.259 e. The molecule has 0 atom stereocenters. The van der Waals surface area contributed by atoms with Crippen molar-refractivity contribution in [3.63, 3.8) is 0 Å². The smallest absolute Gasteiger partial charge is 0.259 e. The second-order valence-electron chi connectivity index (χ2n) is 6.39. The van der Waals surface area contributed by atoms with E-state index < -0.39 is 11.8 Å². The fourth-order valence-corrected chi connectivity index (χ4v) is 2.82. The van der Waals surface area contributed by atoms with Crippen LogP contribution < -0.4 is 21.1 Å².